The summed E-state index contributed by atoms with van der Waals surface area (Å²) >= 11 is 0. The van der Waals surface area contributed by atoms with Crippen LogP contribution in [0.15, 0.2) is 0 Å². The van der Waals surface area contributed by atoms with Crippen molar-refractivity contribution in [1.82, 2.24) is 4.90 Å². The Bertz CT molecular complexity index is 264. The Hall–Kier alpha value is -0.640. The zero-order valence-electron chi connectivity index (χ0n) is 10.3. The van der Waals surface area contributed by atoms with Gasteiger partial charge in [-0.15, -0.1) is 0 Å². The van der Waals surface area contributed by atoms with Crippen LogP contribution in [0.25, 0.3) is 0 Å². The minimum Gasteiger partial charge on any atom is -0.296 e. The van der Waals surface area contributed by atoms with Crippen molar-refractivity contribution in [2.24, 2.45) is 11.8 Å². The molecule has 4 nitrogen and oxygen atoms in total. The molecule has 0 amide bonds. The molecule has 0 aromatic heterocycles. The predicted molar refractivity (Wildman–Crippen MR) is 63.0 cm³/mol. The van der Waals surface area contributed by atoms with E-state index in [-0.39, 0.29) is 4.92 Å². The summed E-state index contributed by atoms with van der Waals surface area (Å²) < 4.78 is 0. The average Bonchev–Trinajstić information content (AvgIpc) is 2.58. The maximum Gasteiger partial charge on any atom is 0.229 e. The van der Waals surface area contributed by atoms with Crippen LogP contribution in [0.1, 0.15) is 39.5 Å². The van der Waals surface area contributed by atoms with Gasteiger partial charge in [-0.1, -0.05) is 12.8 Å². The summed E-state index contributed by atoms with van der Waals surface area (Å²) in [6.45, 7) is 6.24. The lowest BCUT2D eigenvalue weighted by molar-refractivity contribution is -0.560. The van der Waals surface area contributed by atoms with E-state index in [0.717, 1.165) is 24.9 Å². The van der Waals surface area contributed by atoms with E-state index in [1.807, 2.05) is 0 Å². The first-order chi connectivity index (χ1) is 7.49. The Morgan fingerprint density at radius 2 is 1.75 bits per heavy atom. The average molecular weight is 226 g/mol. The SMILES string of the molecule is CC(C)(CN1CC2CCCCC2C1)[N+](=O)[O-]. The predicted octanol–water partition coefficient (Wildman–Crippen LogP) is 2.16. The van der Waals surface area contributed by atoms with Crippen molar-refractivity contribution < 1.29 is 4.92 Å². The van der Waals surface area contributed by atoms with E-state index in [0.29, 0.717) is 6.54 Å². The molecule has 4 heteroatoms. The maximum absolute atomic E-state index is 10.9. The smallest absolute Gasteiger partial charge is 0.229 e. The monoisotopic (exact) mass is 226 g/mol. The van der Waals surface area contributed by atoms with Crippen LogP contribution < -0.4 is 0 Å². The van der Waals surface area contributed by atoms with Gasteiger partial charge in [0.15, 0.2) is 0 Å². The highest BCUT2D eigenvalue weighted by molar-refractivity contribution is 4.88. The molecular weight excluding hydrogens is 204 g/mol. The van der Waals surface area contributed by atoms with E-state index in [2.05, 4.69) is 4.90 Å². The highest BCUT2D eigenvalue weighted by atomic mass is 16.6. The fourth-order valence-corrected chi connectivity index (χ4v) is 3.24. The van der Waals surface area contributed by atoms with Crippen LogP contribution in [0.2, 0.25) is 0 Å². The number of rotatable bonds is 3. The van der Waals surface area contributed by atoms with Gasteiger partial charge < -0.3 is 0 Å². The van der Waals surface area contributed by atoms with Gasteiger partial charge in [0.25, 0.3) is 0 Å². The molecular formula is C12H22N2O2. The first-order valence-electron chi connectivity index (χ1n) is 6.36. The lowest BCUT2D eigenvalue weighted by Crippen LogP contribution is -2.43. The molecule has 1 aliphatic heterocycles. The van der Waals surface area contributed by atoms with Crippen LogP contribution in [-0.2, 0) is 0 Å². The van der Waals surface area contributed by atoms with Crippen LogP contribution in [0.4, 0.5) is 0 Å². The second kappa shape index (κ2) is 4.32. The molecule has 2 aliphatic rings. The minimum absolute atomic E-state index is 0.144. The van der Waals surface area contributed by atoms with E-state index in [4.69, 9.17) is 0 Å². The summed E-state index contributed by atoms with van der Waals surface area (Å²) in [6.07, 6.45) is 5.38. The molecule has 0 radical (unpaired) electrons. The molecule has 1 saturated carbocycles. The molecule has 0 N–H and O–H groups in total. The molecule has 1 heterocycles. The van der Waals surface area contributed by atoms with E-state index in [1.54, 1.807) is 13.8 Å². The van der Waals surface area contributed by atoms with Crippen LogP contribution in [0, 0.1) is 22.0 Å². The largest absolute Gasteiger partial charge is 0.296 e. The standard InChI is InChI=1S/C12H22N2O2/c1-12(2,14(15)16)9-13-7-10-5-3-4-6-11(10)8-13/h10-11H,3-9H2,1-2H3. The Kier molecular flexibility index (Phi) is 3.19. The number of fused-ring (bicyclic) bond motifs is 1. The minimum atomic E-state index is -0.798. The van der Waals surface area contributed by atoms with Crippen LogP contribution >= 0.6 is 0 Å². The third kappa shape index (κ3) is 2.37. The Morgan fingerprint density at radius 1 is 1.25 bits per heavy atom. The van der Waals surface area contributed by atoms with Gasteiger partial charge in [0.05, 0.1) is 6.54 Å². The Morgan fingerprint density at radius 3 is 2.19 bits per heavy atom. The van der Waals surface area contributed by atoms with Gasteiger partial charge in [-0.25, -0.2) is 0 Å². The highest BCUT2D eigenvalue weighted by Crippen LogP contribution is 2.36. The highest BCUT2D eigenvalue weighted by Gasteiger charge is 2.40. The molecule has 0 aromatic rings. The van der Waals surface area contributed by atoms with Crippen molar-refractivity contribution in [1.29, 1.82) is 0 Å². The number of hydrogen-bond donors (Lipinski definition) is 0. The zero-order chi connectivity index (χ0) is 11.8. The van der Waals surface area contributed by atoms with Crippen molar-refractivity contribution >= 4 is 0 Å². The van der Waals surface area contributed by atoms with Crippen LogP contribution in [0.3, 0.4) is 0 Å². The summed E-state index contributed by atoms with van der Waals surface area (Å²) in [5, 5.41) is 10.9. The summed E-state index contributed by atoms with van der Waals surface area (Å²) in [4.78, 5) is 13.1. The lowest BCUT2D eigenvalue weighted by atomic mass is 9.82. The van der Waals surface area contributed by atoms with Crippen molar-refractivity contribution in [3.05, 3.63) is 10.1 Å². The molecule has 0 spiro atoms. The second-order valence-corrected chi connectivity index (χ2v) is 6.07. The van der Waals surface area contributed by atoms with Gasteiger partial charge in [-0.05, 0) is 24.7 Å². The van der Waals surface area contributed by atoms with E-state index < -0.39 is 5.54 Å². The van der Waals surface area contributed by atoms with E-state index >= 15 is 0 Å². The first kappa shape index (κ1) is 11.8. The molecule has 0 bridgehead atoms. The van der Waals surface area contributed by atoms with Gasteiger partial charge >= 0.3 is 0 Å². The number of nitro groups is 1. The Balaban J connectivity index is 1.91. The molecule has 2 fully saturated rings. The van der Waals surface area contributed by atoms with Gasteiger partial charge in [-0.3, -0.25) is 15.0 Å². The molecule has 1 saturated heterocycles. The van der Waals surface area contributed by atoms with Crippen molar-refractivity contribution in [3.8, 4) is 0 Å². The number of hydrogen-bond acceptors (Lipinski definition) is 3. The van der Waals surface area contributed by atoms with Gasteiger partial charge in [0, 0.05) is 31.9 Å². The summed E-state index contributed by atoms with van der Waals surface area (Å²) in [6, 6.07) is 0. The van der Waals surface area contributed by atoms with Gasteiger partial charge in [0.1, 0.15) is 0 Å². The molecule has 1 aliphatic carbocycles. The van der Waals surface area contributed by atoms with Crippen molar-refractivity contribution in [2.45, 2.75) is 45.1 Å². The quantitative estimate of drug-likeness (QED) is 0.547. The van der Waals surface area contributed by atoms with Crippen molar-refractivity contribution in [2.75, 3.05) is 19.6 Å². The fourth-order valence-electron chi connectivity index (χ4n) is 3.24. The topological polar surface area (TPSA) is 46.4 Å². The van der Waals surface area contributed by atoms with E-state index in [9.17, 15) is 10.1 Å². The zero-order valence-corrected chi connectivity index (χ0v) is 10.3. The van der Waals surface area contributed by atoms with Gasteiger partial charge in [0.2, 0.25) is 5.54 Å². The molecule has 0 aromatic carbocycles. The van der Waals surface area contributed by atoms with Crippen molar-refractivity contribution in [3.63, 3.8) is 0 Å². The first-order valence-corrected chi connectivity index (χ1v) is 6.36. The Labute approximate surface area is 97.2 Å². The van der Waals surface area contributed by atoms with Crippen LogP contribution in [0.5, 0.6) is 0 Å². The maximum atomic E-state index is 10.9. The lowest BCUT2D eigenvalue weighted by Gasteiger charge is -2.23. The summed E-state index contributed by atoms with van der Waals surface area (Å²) in [5.74, 6) is 1.63. The fraction of sp³-hybridized carbons (Fsp3) is 1.00. The normalized spacial score (nSPS) is 31.4. The molecule has 16 heavy (non-hydrogen) atoms. The summed E-state index contributed by atoms with van der Waals surface area (Å²) in [5.41, 5.74) is -0.798. The molecule has 2 unspecified atom stereocenters. The molecule has 2 rings (SSSR count). The number of nitrogens with zero attached hydrogens (tertiary/aromatic N) is 2. The third-order valence-electron chi connectivity index (χ3n) is 4.16. The third-order valence-corrected chi connectivity index (χ3v) is 4.16. The van der Waals surface area contributed by atoms with Gasteiger partial charge in [-0.2, -0.15) is 0 Å². The molecule has 2 atom stereocenters. The van der Waals surface area contributed by atoms with E-state index in [1.165, 1.54) is 25.7 Å². The second-order valence-electron chi connectivity index (χ2n) is 6.07. The van der Waals surface area contributed by atoms with Crippen LogP contribution in [-0.4, -0.2) is 35.0 Å². The summed E-state index contributed by atoms with van der Waals surface area (Å²) in [7, 11) is 0. The molecule has 92 valence electrons. The number of likely N-dealkylation sites (tertiary alicyclic amines) is 1.